The fourth-order valence-corrected chi connectivity index (χ4v) is 3.25. The second-order valence-electron chi connectivity index (χ2n) is 5.97. The molecular formula is C17H23Cl2N3O2. The van der Waals surface area contributed by atoms with Crippen molar-refractivity contribution in [2.75, 3.05) is 6.54 Å². The summed E-state index contributed by atoms with van der Waals surface area (Å²) in [6.45, 7) is 2.63. The van der Waals surface area contributed by atoms with Crippen LogP contribution in [-0.4, -0.2) is 30.6 Å². The highest BCUT2D eigenvalue weighted by Crippen LogP contribution is 2.26. The lowest BCUT2D eigenvalue weighted by molar-refractivity contribution is 0.0916. The third-order valence-corrected chi connectivity index (χ3v) is 4.95. The Morgan fingerprint density at radius 3 is 2.46 bits per heavy atom. The van der Waals surface area contributed by atoms with Crippen molar-refractivity contribution < 1.29 is 9.59 Å². The van der Waals surface area contributed by atoms with E-state index in [9.17, 15) is 9.59 Å². The molecule has 1 aromatic rings. The largest absolute Gasteiger partial charge is 0.347 e. The zero-order chi connectivity index (χ0) is 17.5. The number of amides is 3. The Balaban J connectivity index is 2.01. The van der Waals surface area contributed by atoms with Gasteiger partial charge in [-0.15, -0.1) is 0 Å². The molecule has 24 heavy (non-hydrogen) atoms. The van der Waals surface area contributed by atoms with Crippen LogP contribution >= 0.6 is 23.2 Å². The highest BCUT2D eigenvalue weighted by atomic mass is 35.5. The molecule has 0 saturated heterocycles. The minimum absolute atomic E-state index is 0.0856. The highest BCUT2D eigenvalue weighted by Gasteiger charge is 2.28. The van der Waals surface area contributed by atoms with Crippen molar-refractivity contribution >= 4 is 35.1 Å². The fourth-order valence-electron chi connectivity index (χ4n) is 2.86. The number of hydrogen-bond acceptors (Lipinski definition) is 2. The number of carbonyl (C=O) groups excluding carboxylic acids is 2. The van der Waals surface area contributed by atoms with Gasteiger partial charge in [-0.2, -0.15) is 0 Å². The number of hydrogen-bond donors (Lipinski definition) is 3. The summed E-state index contributed by atoms with van der Waals surface area (Å²) < 4.78 is 0. The quantitative estimate of drug-likeness (QED) is 0.737. The van der Waals surface area contributed by atoms with Gasteiger partial charge in [-0.05, 0) is 31.4 Å². The summed E-state index contributed by atoms with van der Waals surface area (Å²) in [5.74, 6) is -0.268. The number of carbonyl (C=O) groups is 2. The van der Waals surface area contributed by atoms with E-state index in [2.05, 4.69) is 16.0 Å². The number of rotatable bonds is 5. The van der Waals surface area contributed by atoms with Crippen LogP contribution in [-0.2, 0) is 0 Å². The van der Waals surface area contributed by atoms with E-state index in [1.165, 1.54) is 0 Å². The van der Waals surface area contributed by atoms with Crippen LogP contribution in [0.3, 0.4) is 0 Å². The smallest absolute Gasteiger partial charge is 0.315 e. The average molecular weight is 372 g/mol. The normalized spacial score (nSPS) is 20.3. The first kappa shape index (κ1) is 18.9. The Bertz CT molecular complexity index is 595. The van der Waals surface area contributed by atoms with Crippen LogP contribution in [0.25, 0.3) is 0 Å². The van der Waals surface area contributed by atoms with Gasteiger partial charge in [-0.3, -0.25) is 4.79 Å². The maximum absolute atomic E-state index is 12.5. The minimum atomic E-state index is -0.268. The average Bonchev–Trinajstić information content (AvgIpc) is 2.57. The predicted molar refractivity (Wildman–Crippen MR) is 96.8 cm³/mol. The zero-order valence-corrected chi connectivity index (χ0v) is 15.2. The Morgan fingerprint density at radius 1 is 1.12 bits per heavy atom. The molecular weight excluding hydrogens is 349 g/mol. The van der Waals surface area contributed by atoms with Gasteiger partial charge < -0.3 is 16.0 Å². The molecule has 0 aliphatic heterocycles. The van der Waals surface area contributed by atoms with Crippen LogP contribution < -0.4 is 16.0 Å². The molecule has 1 aromatic carbocycles. The lowest BCUT2D eigenvalue weighted by Gasteiger charge is -2.33. The Labute approximate surface area is 152 Å². The lowest BCUT2D eigenvalue weighted by atomic mass is 9.90. The molecule has 2 rings (SSSR count). The van der Waals surface area contributed by atoms with Crippen molar-refractivity contribution in [2.45, 2.75) is 51.1 Å². The van der Waals surface area contributed by atoms with Crippen molar-refractivity contribution in [3.63, 3.8) is 0 Å². The van der Waals surface area contributed by atoms with Gasteiger partial charge in [-0.25, -0.2) is 4.79 Å². The second-order valence-corrected chi connectivity index (χ2v) is 6.76. The van der Waals surface area contributed by atoms with Crippen molar-refractivity contribution in [2.24, 2.45) is 0 Å². The van der Waals surface area contributed by atoms with Crippen LogP contribution in [0.4, 0.5) is 4.79 Å². The topological polar surface area (TPSA) is 70.2 Å². The summed E-state index contributed by atoms with van der Waals surface area (Å²) in [6, 6.07) is 4.58. The predicted octanol–water partition coefficient (Wildman–Crippen LogP) is 3.74. The Kier molecular flexibility index (Phi) is 7.18. The molecule has 0 heterocycles. The number of nitrogens with one attached hydrogen (secondary N) is 3. The third kappa shape index (κ3) is 5.02. The minimum Gasteiger partial charge on any atom is -0.347 e. The van der Waals surface area contributed by atoms with Gasteiger partial charge >= 0.3 is 6.03 Å². The van der Waals surface area contributed by atoms with Crippen LogP contribution in [0.2, 0.25) is 10.0 Å². The first-order chi connectivity index (χ1) is 11.5. The molecule has 0 aromatic heterocycles. The molecule has 1 saturated carbocycles. The van der Waals surface area contributed by atoms with E-state index >= 15 is 0 Å². The highest BCUT2D eigenvalue weighted by molar-refractivity contribution is 6.43. The monoisotopic (exact) mass is 371 g/mol. The van der Waals surface area contributed by atoms with E-state index < -0.39 is 0 Å². The summed E-state index contributed by atoms with van der Waals surface area (Å²) in [6.07, 6.45) is 4.59. The first-order valence-electron chi connectivity index (χ1n) is 8.32. The molecule has 3 N–H and O–H groups in total. The maximum atomic E-state index is 12.5. The van der Waals surface area contributed by atoms with Crippen molar-refractivity contribution in [1.29, 1.82) is 0 Å². The summed E-state index contributed by atoms with van der Waals surface area (Å²) in [5.41, 5.74) is 0.351. The van der Waals surface area contributed by atoms with Gasteiger partial charge in [0.25, 0.3) is 5.91 Å². The zero-order valence-electron chi connectivity index (χ0n) is 13.7. The Morgan fingerprint density at radius 2 is 1.79 bits per heavy atom. The molecule has 132 valence electrons. The summed E-state index contributed by atoms with van der Waals surface area (Å²) >= 11 is 12.1. The van der Waals surface area contributed by atoms with Gasteiger partial charge in [0.2, 0.25) is 0 Å². The maximum Gasteiger partial charge on any atom is 0.315 e. The summed E-state index contributed by atoms with van der Waals surface area (Å²) in [4.78, 5) is 24.4. The molecule has 1 fully saturated rings. The van der Waals surface area contributed by atoms with Gasteiger partial charge in [0.1, 0.15) is 0 Å². The molecule has 0 spiro atoms. The van der Waals surface area contributed by atoms with E-state index in [-0.39, 0.29) is 29.0 Å². The van der Waals surface area contributed by atoms with E-state index in [4.69, 9.17) is 23.2 Å². The van der Waals surface area contributed by atoms with E-state index in [0.717, 1.165) is 32.1 Å². The van der Waals surface area contributed by atoms with Crippen molar-refractivity contribution in [1.82, 2.24) is 16.0 Å². The summed E-state index contributed by atoms with van der Waals surface area (Å²) in [7, 11) is 0. The van der Waals surface area contributed by atoms with Crippen LogP contribution in [0, 0.1) is 0 Å². The molecule has 0 bridgehead atoms. The lowest BCUT2D eigenvalue weighted by Crippen LogP contribution is -2.55. The van der Waals surface area contributed by atoms with Crippen molar-refractivity contribution in [3.8, 4) is 0 Å². The van der Waals surface area contributed by atoms with Gasteiger partial charge in [0.05, 0.1) is 21.7 Å². The van der Waals surface area contributed by atoms with Crippen LogP contribution in [0.1, 0.15) is 49.4 Å². The van der Waals surface area contributed by atoms with E-state index in [1.807, 2.05) is 6.92 Å². The SMILES string of the molecule is CCCNC(=O)NC1CCCCC1NC(=O)c1cccc(Cl)c1Cl. The van der Waals surface area contributed by atoms with Crippen LogP contribution in [0.15, 0.2) is 18.2 Å². The third-order valence-electron chi connectivity index (χ3n) is 4.13. The molecule has 0 radical (unpaired) electrons. The van der Waals surface area contributed by atoms with Gasteiger partial charge in [-0.1, -0.05) is 49.0 Å². The molecule has 3 amide bonds. The number of benzene rings is 1. The second kappa shape index (κ2) is 9.14. The molecule has 1 aliphatic rings. The Hall–Kier alpha value is -1.46. The van der Waals surface area contributed by atoms with Gasteiger partial charge in [0, 0.05) is 12.6 Å². The molecule has 2 unspecified atom stereocenters. The first-order valence-corrected chi connectivity index (χ1v) is 9.07. The fraction of sp³-hybridized carbons (Fsp3) is 0.529. The van der Waals surface area contributed by atoms with Gasteiger partial charge in [0.15, 0.2) is 0 Å². The van der Waals surface area contributed by atoms with E-state index in [0.29, 0.717) is 17.1 Å². The molecule has 7 heteroatoms. The molecule has 1 aliphatic carbocycles. The summed E-state index contributed by atoms with van der Waals surface area (Å²) in [5, 5.41) is 9.35. The molecule has 5 nitrogen and oxygen atoms in total. The van der Waals surface area contributed by atoms with E-state index in [1.54, 1.807) is 18.2 Å². The molecule has 2 atom stereocenters. The number of urea groups is 1. The standard InChI is InChI=1S/C17H23Cl2N3O2/c1-2-10-20-17(24)22-14-9-4-3-8-13(14)21-16(23)11-6-5-7-12(18)15(11)19/h5-7,13-14H,2-4,8-10H2,1H3,(H,21,23)(H2,20,22,24). The van der Waals surface area contributed by atoms with Crippen LogP contribution in [0.5, 0.6) is 0 Å². The number of halogens is 2. The van der Waals surface area contributed by atoms with Crippen molar-refractivity contribution in [3.05, 3.63) is 33.8 Å².